The van der Waals surface area contributed by atoms with Gasteiger partial charge in [0, 0.05) is 24.5 Å². The van der Waals surface area contributed by atoms with Crippen LogP contribution < -0.4 is 10.2 Å². The van der Waals surface area contributed by atoms with E-state index in [0.29, 0.717) is 10.6 Å². The fraction of sp³-hybridized carbons (Fsp3) is 0.235. The van der Waals surface area contributed by atoms with E-state index >= 15 is 0 Å². The van der Waals surface area contributed by atoms with E-state index in [4.69, 9.17) is 16.9 Å². The molecule has 0 amide bonds. The standard InChI is InChI=1S/C17H16ClN3/c18-16-11-13(12-19)3-8-17(16)20-14-4-6-15(7-5-14)21-9-1-2-10-21/h3-8,11,20H,1-2,9-10H2. The Morgan fingerprint density at radius 3 is 2.38 bits per heavy atom. The molecule has 0 bridgehead atoms. The van der Waals surface area contributed by atoms with Gasteiger partial charge >= 0.3 is 0 Å². The Balaban J connectivity index is 1.74. The molecule has 0 atom stereocenters. The van der Waals surface area contributed by atoms with Crippen molar-refractivity contribution in [1.82, 2.24) is 0 Å². The predicted molar refractivity (Wildman–Crippen MR) is 87.3 cm³/mol. The fourth-order valence-electron chi connectivity index (χ4n) is 2.57. The van der Waals surface area contributed by atoms with Crippen molar-refractivity contribution in [2.45, 2.75) is 12.8 Å². The van der Waals surface area contributed by atoms with Crippen LogP contribution in [0.2, 0.25) is 5.02 Å². The minimum atomic E-state index is 0.553. The van der Waals surface area contributed by atoms with Crippen LogP contribution in [0.15, 0.2) is 42.5 Å². The second-order valence-electron chi connectivity index (χ2n) is 5.17. The van der Waals surface area contributed by atoms with Crippen molar-refractivity contribution in [3.8, 4) is 6.07 Å². The summed E-state index contributed by atoms with van der Waals surface area (Å²) in [6.07, 6.45) is 2.56. The van der Waals surface area contributed by atoms with Crippen LogP contribution in [0.1, 0.15) is 18.4 Å². The van der Waals surface area contributed by atoms with Crippen LogP contribution in [0, 0.1) is 11.3 Å². The number of nitrogens with zero attached hydrogens (tertiary/aromatic N) is 2. The molecule has 0 radical (unpaired) electrons. The van der Waals surface area contributed by atoms with Crippen LogP contribution in [-0.4, -0.2) is 13.1 Å². The molecule has 0 saturated carbocycles. The third-order valence-corrected chi connectivity index (χ3v) is 4.03. The average Bonchev–Trinajstić information content (AvgIpc) is 3.04. The van der Waals surface area contributed by atoms with Crippen molar-refractivity contribution in [3.05, 3.63) is 53.1 Å². The zero-order chi connectivity index (χ0) is 14.7. The van der Waals surface area contributed by atoms with Gasteiger partial charge in [0.15, 0.2) is 0 Å². The van der Waals surface area contributed by atoms with Crippen LogP contribution in [0.25, 0.3) is 0 Å². The smallest absolute Gasteiger partial charge is 0.0992 e. The lowest BCUT2D eigenvalue weighted by Crippen LogP contribution is -2.17. The molecule has 0 aromatic heterocycles. The van der Waals surface area contributed by atoms with Crippen LogP contribution in [0.5, 0.6) is 0 Å². The molecule has 2 aromatic carbocycles. The lowest BCUT2D eigenvalue weighted by atomic mass is 10.2. The molecule has 1 aliphatic rings. The first kappa shape index (κ1) is 13.8. The van der Waals surface area contributed by atoms with Crippen LogP contribution in [0.4, 0.5) is 17.1 Å². The molecule has 2 aromatic rings. The third-order valence-electron chi connectivity index (χ3n) is 3.72. The normalized spacial score (nSPS) is 14.0. The molecule has 1 N–H and O–H groups in total. The maximum Gasteiger partial charge on any atom is 0.0992 e. The minimum Gasteiger partial charge on any atom is -0.372 e. The number of hydrogen-bond donors (Lipinski definition) is 1. The van der Waals surface area contributed by atoms with E-state index in [2.05, 4.69) is 40.6 Å². The Morgan fingerprint density at radius 1 is 1.05 bits per heavy atom. The van der Waals surface area contributed by atoms with Crippen molar-refractivity contribution < 1.29 is 0 Å². The van der Waals surface area contributed by atoms with Crippen LogP contribution >= 0.6 is 11.6 Å². The lowest BCUT2D eigenvalue weighted by molar-refractivity contribution is 0.949. The van der Waals surface area contributed by atoms with Gasteiger partial charge in [-0.15, -0.1) is 0 Å². The summed E-state index contributed by atoms with van der Waals surface area (Å²) in [5, 5.41) is 12.7. The SMILES string of the molecule is N#Cc1ccc(Nc2ccc(N3CCCC3)cc2)c(Cl)c1. The summed E-state index contributed by atoms with van der Waals surface area (Å²) in [5.41, 5.74) is 3.63. The molecular formula is C17H16ClN3. The van der Waals surface area contributed by atoms with Gasteiger partial charge in [-0.3, -0.25) is 0 Å². The zero-order valence-corrected chi connectivity index (χ0v) is 12.4. The molecular weight excluding hydrogens is 282 g/mol. The zero-order valence-electron chi connectivity index (χ0n) is 11.6. The Kier molecular flexibility index (Phi) is 3.98. The lowest BCUT2D eigenvalue weighted by Gasteiger charge is -2.18. The number of halogens is 1. The molecule has 0 spiro atoms. The highest BCUT2D eigenvalue weighted by Crippen LogP contribution is 2.28. The van der Waals surface area contributed by atoms with Gasteiger partial charge in [0.05, 0.1) is 22.3 Å². The molecule has 0 aliphatic carbocycles. The maximum absolute atomic E-state index is 8.84. The first-order chi connectivity index (χ1) is 10.3. The molecule has 1 saturated heterocycles. The summed E-state index contributed by atoms with van der Waals surface area (Å²) in [7, 11) is 0. The Hall–Kier alpha value is -2.18. The number of anilines is 3. The van der Waals surface area contributed by atoms with Gasteiger partial charge in [-0.05, 0) is 55.3 Å². The molecule has 106 valence electrons. The van der Waals surface area contributed by atoms with Crippen molar-refractivity contribution in [3.63, 3.8) is 0 Å². The largest absolute Gasteiger partial charge is 0.372 e. The van der Waals surface area contributed by atoms with Gasteiger partial charge in [0.1, 0.15) is 0 Å². The second kappa shape index (κ2) is 6.07. The summed E-state index contributed by atoms with van der Waals surface area (Å²) < 4.78 is 0. The minimum absolute atomic E-state index is 0.553. The van der Waals surface area contributed by atoms with E-state index in [1.54, 1.807) is 12.1 Å². The highest BCUT2D eigenvalue weighted by molar-refractivity contribution is 6.33. The maximum atomic E-state index is 8.84. The Bertz CT molecular complexity index is 667. The van der Waals surface area contributed by atoms with Gasteiger partial charge in [0.25, 0.3) is 0 Å². The number of nitrogens with one attached hydrogen (secondary N) is 1. The Labute approximate surface area is 129 Å². The first-order valence-corrected chi connectivity index (χ1v) is 7.46. The van der Waals surface area contributed by atoms with Crippen molar-refractivity contribution in [2.75, 3.05) is 23.3 Å². The quantitative estimate of drug-likeness (QED) is 0.903. The first-order valence-electron chi connectivity index (χ1n) is 7.08. The number of rotatable bonds is 3. The van der Waals surface area contributed by atoms with Gasteiger partial charge in [-0.25, -0.2) is 0 Å². The van der Waals surface area contributed by atoms with Gasteiger partial charge in [-0.2, -0.15) is 5.26 Å². The second-order valence-corrected chi connectivity index (χ2v) is 5.58. The van der Waals surface area contributed by atoms with Gasteiger partial charge < -0.3 is 10.2 Å². The van der Waals surface area contributed by atoms with E-state index < -0.39 is 0 Å². The number of nitriles is 1. The summed E-state index contributed by atoms with van der Waals surface area (Å²) in [6, 6.07) is 15.7. The monoisotopic (exact) mass is 297 g/mol. The molecule has 21 heavy (non-hydrogen) atoms. The summed E-state index contributed by atoms with van der Waals surface area (Å²) in [5.74, 6) is 0. The number of benzene rings is 2. The Morgan fingerprint density at radius 2 is 1.76 bits per heavy atom. The van der Waals surface area contributed by atoms with E-state index in [1.807, 2.05) is 6.07 Å². The molecule has 3 nitrogen and oxygen atoms in total. The van der Waals surface area contributed by atoms with E-state index in [-0.39, 0.29) is 0 Å². The highest BCUT2D eigenvalue weighted by Gasteiger charge is 2.11. The van der Waals surface area contributed by atoms with Crippen molar-refractivity contribution in [2.24, 2.45) is 0 Å². The summed E-state index contributed by atoms with van der Waals surface area (Å²) in [4.78, 5) is 2.40. The van der Waals surface area contributed by atoms with E-state index in [9.17, 15) is 0 Å². The van der Waals surface area contributed by atoms with E-state index in [0.717, 1.165) is 24.5 Å². The van der Waals surface area contributed by atoms with Crippen molar-refractivity contribution in [1.29, 1.82) is 5.26 Å². The molecule has 3 rings (SSSR count). The summed E-state index contributed by atoms with van der Waals surface area (Å²) in [6.45, 7) is 2.29. The van der Waals surface area contributed by atoms with Crippen molar-refractivity contribution >= 4 is 28.7 Å². The topological polar surface area (TPSA) is 39.1 Å². The summed E-state index contributed by atoms with van der Waals surface area (Å²) >= 11 is 6.17. The molecule has 0 unspecified atom stereocenters. The molecule has 1 fully saturated rings. The molecule has 1 heterocycles. The molecule has 1 aliphatic heterocycles. The van der Waals surface area contributed by atoms with Gasteiger partial charge in [-0.1, -0.05) is 11.6 Å². The van der Waals surface area contributed by atoms with Gasteiger partial charge in [0.2, 0.25) is 0 Å². The third kappa shape index (κ3) is 3.12. The molecule has 4 heteroatoms. The van der Waals surface area contributed by atoms with Crippen LogP contribution in [-0.2, 0) is 0 Å². The van der Waals surface area contributed by atoms with Crippen LogP contribution in [0.3, 0.4) is 0 Å². The average molecular weight is 298 g/mol. The van der Waals surface area contributed by atoms with E-state index in [1.165, 1.54) is 18.5 Å². The highest BCUT2D eigenvalue weighted by atomic mass is 35.5. The number of hydrogen-bond acceptors (Lipinski definition) is 3. The fourth-order valence-corrected chi connectivity index (χ4v) is 2.80. The predicted octanol–water partition coefficient (Wildman–Crippen LogP) is 4.56.